The SMILES string of the molecule is Cc1ccc(/C=C/C(=O)Nc2ccc(NC(=O)/C=C/c3ccc(C)cc3)cc2)cc1. The third kappa shape index (κ3) is 6.60. The molecule has 0 saturated carbocycles. The van der Waals surface area contributed by atoms with Crippen LogP contribution >= 0.6 is 0 Å². The van der Waals surface area contributed by atoms with E-state index < -0.39 is 0 Å². The Balaban J connectivity index is 1.51. The molecule has 0 aromatic heterocycles. The molecule has 0 saturated heterocycles. The van der Waals surface area contributed by atoms with Gasteiger partial charge in [0.1, 0.15) is 0 Å². The quantitative estimate of drug-likeness (QED) is 0.532. The molecule has 0 fully saturated rings. The van der Waals surface area contributed by atoms with E-state index in [1.807, 2.05) is 62.4 Å². The molecule has 0 aliphatic carbocycles. The molecule has 150 valence electrons. The van der Waals surface area contributed by atoms with E-state index in [2.05, 4.69) is 10.6 Å². The Morgan fingerprint density at radius 2 is 0.900 bits per heavy atom. The molecule has 30 heavy (non-hydrogen) atoms. The van der Waals surface area contributed by atoms with Gasteiger partial charge in [-0.05, 0) is 61.4 Å². The second-order valence-electron chi connectivity index (χ2n) is 7.04. The number of amides is 2. The number of anilines is 2. The van der Waals surface area contributed by atoms with Crippen molar-refractivity contribution < 1.29 is 9.59 Å². The van der Waals surface area contributed by atoms with Crippen LogP contribution in [0.25, 0.3) is 12.2 Å². The van der Waals surface area contributed by atoms with Crippen molar-refractivity contribution in [3.63, 3.8) is 0 Å². The number of hydrogen-bond donors (Lipinski definition) is 2. The molecule has 0 heterocycles. The molecule has 3 aromatic carbocycles. The number of carbonyl (C=O) groups is 2. The van der Waals surface area contributed by atoms with Crippen LogP contribution < -0.4 is 10.6 Å². The summed E-state index contributed by atoms with van der Waals surface area (Å²) in [6, 6.07) is 22.8. The van der Waals surface area contributed by atoms with Gasteiger partial charge in [-0.1, -0.05) is 59.7 Å². The topological polar surface area (TPSA) is 58.2 Å². The lowest BCUT2D eigenvalue weighted by Gasteiger charge is -2.05. The lowest BCUT2D eigenvalue weighted by Crippen LogP contribution is -2.09. The van der Waals surface area contributed by atoms with Crippen molar-refractivity contribution in [1.29, 1.82) is 0 Å². The van der Waals surface area contributed by atoms with Crippen molar-refractivity contribution in [1.82, 2.24) is 0 Å². The Morgan fingerprint density at radius 1 is 0.567 bits per heavy atom. The second-order valence-corrected chi connectivity index (χ2v) is 7.04. The Morgan fingerprint density at radius 3 is 1.23 bits per heavy atom. The first-order chi connectivity index (χ1) is 14.5. The highest BCUT2D eigenvalue weighted by atomic mass is 16.2. The summed E-state index contributed by atoms with van der Waals surface area (Å²) in [5.74, 6) is -0.429. The van der Waals surface area contributed by atoms with Crippen LogP contribution in [0.5, 0.6) is 0 Å². The predicted octanol–water partition coefficient (Wildman–Crippen LogP) is 5.61. The van der Waals surface area contributed by atoms with Gasteiger partial charge >= 0.3 is 0 Å². The highest BCUT2D eigenvalue weighted by Crippen LogP contribution is 2.14. The normalized spacial score (nSPS) is 11.0. The summed E-state index contributed by atoms with van der Waals surface area (Å²) in [5, 5.41) is 5.61. The second kappa shape index (κ2) is 10.0. The Labute approximate surface area is 177 Å². The molecule has 0 radical (unpaired) electrons. The molecule has 2 amide bonds. The smallest absolute Gasteiger partial charge is 0.248 e. The molecule has 3 rings (SSSR count). The molecule has 0 atom stereocenters. The van der Waals surface area contributed by atoms with Crippen LogP contribution in [0.1, 0.15) is 22.3 Å². The minimum atomic E-state index is -0.214. The first kappa shape index (κ1) is 20.8. The fourth-order valence-corrected chi connectivity index (χ4v) is 2.70. The number of carbonyl (C=O) groups excluding carboxylic acids is 2. The molecule has 4 heteroatoms. The lowest BCUT2D eigenvalue weighted by atomic mass is 10.1. The lowest BCUT2D eigenvalue weighted by molar-refractivity contribution is -0.112. The Hall–Kier alpha value is -3.92. The van der Waals surface area contributed by atoms with Gasteiger partial charge in [0.05, 0.1) is 0 Å². The summed E-state index contributed by atoms with van der Waals surface area (Å²) in [6.07, 6.45) is 6.53. The van der Waals surface area contributed by atoms with Crippen molar-refractivity contribution in [2.24, 2.45) is 0 Å². The van der Waals surface area contributed by atoms with E-state index in [0.29, 0.717) is 11.4 Å². The molecule has 0 bridgehead atoms. The van der Waals surface area contributed by atoms with E-state index in [1.54, 1.807) is 36.4 Å². The van der Waals surface area contributed by atoms with Crippen molar-refractivity contribution >= 4 is 35.3 Å². The summed E-state index contributed by atoms with van der Waals surface area (Å²) in [7, 11) is 0. The van der Waals surface area contributed by atoms with Crippen LogP contribution in [-0.4, -0.2) is 11.8 Å². The summed E-state index contributed by atoms with van der Waals surface area (Å²) >= 11 is 0. The van der Waals surface area contributed by atoms with E-state index in [1.165, 1.54) is 23.3 Å². The maximum Gasteiger partial charge on any atom is 0.248 e. The van der Waals surface area contributed by atoms with Gasteiger partial charge in [-0.2, -0.15) is 0 Å². The zero-order chi connectivity index (χ0) is 21.3. The van der Waals surface area contributed by atoms with E-state index in [0.717, 1.165) is 11.1 Å². The average Bonchev–Trinajstić information content (AvgIpc) is 2.74. The van der Waals surface area contributed by atoms with Gasteiger partial charge in [0.25, 0.3) is 0 Å². The molecule has 3 aromatic rings. The van der Waals surface area contributed by atoms with Crippen LogP contribution in [0.15, 0.2) is 84.9 Å². The van der Waals surface area contributed by atoms with E-state index in [9.17, 15) is 9.59 Å². The summed E-state index contributed by atoms with van der Waals surface area (Å²) in [5.41, 5.74) is 5.59. The minimum Gasteiger partial charge on any atom is -0.323 e. The summed E-state index contributed by atoms with van der Waals surface area (Å²) in [6.45, 7) is 4.04. The summed E-state index contributed by atoms with van der Waals surface area (Å²) < 4.78 is 0. The minimum absolute atomic E-state index is 0.214. The first-order valence-electron chi connectivity index (χ1n) is 9.69. The van der Waals surface area contributed by atoms with Crippen LogP contribution in [0.2, 0.25) is 0 Å². The fourth-order valence-electron chi connectivity index (χ4n) is 2.70. The van der Waals surface area contributed by atoms with Gasteiger partial charge in [0.15, 0.2) is 0 Å². The van der Waals surface area contributed by atoms with E-state index in [4.69, 9.17) is 0 Å². The molecule has 0 aliphatic rings. The maximum atomic E-state index is 12.1. The number of aryl methyl sites for hydroxylation is 2. The average molecular weight is 396 g/mol. The zero-order valence-electron chi connectivity index (χ0n) is 17.1. The van der Waals surface area contributed by atoms with Crippen LogP contribution in [0.3, 0.4) is 0 Å². The van der Waals surface area contributed by atoms with Crippen molar-refractivity contribution in [3.8, 4) is 0 Å². The molecule has 0 unspecified atom stereocenters. The van der Waals surface area contributed by atoms with Gasteiger partial charge in [0, 0.05) is 23.5 Å². The number of benzene rings is 3. The maximum absolute atomic E-state index is 12.1. The largest absolute Gasteiger partial charge is 0.323 e. The van der Waals surface area contributed by atoms with Gasteiger partial charge in [-0.25, -0.2) is 0 Å². The highest BCUT2D eigenvalue weighted by molar-refractivity contribution is 6.03. The van der Waals surface area contributed by atoms with Crippen LogP contribution in [0.4, 0.5) is 11.4 Å². The van der Waals surface area contributed by atoms with Gasteiger partial charge in [0.2, 0.25) is 11.8 Å². The highest BCUT2D eigenvalue weighted by Gasteiger charge is 2.01. The molecular weight excluding hydrogens is 372 g/mol. The predicted molar refractivity (Wildman–Crippen MR) is 124 cm³/mol. The zero-order valence-corrected chi connectivity index (χ0v) is 17.1. The number of rotatable bonds is 6. The number of nitrogens with one attached hydrogen (secondary N) is 2. The van der Waals surface area contributed by atoms with Crippen molar-refractivity contribution in [2.75, 3.05) is 10.6 Å². The van der Waals surface area contributed by atoms with Crippen molar-refractivity contribution in [2.45, 2.75) is 13.8 Å². The van der Waals surface area contributed by atoms with E-state index in [-0.39, 0.29) is 11.8 Å². The van der Waals surface area contributed by atoms with Crippen molar-refractivity contribution in [3.05, 3.63) is 107 Å². The molecule has 4 nitrogen and oxygen atoms in total. The van der Waals surface area contributed by atoms with Gasteiger partial charge in [-0.3, -0.25) is 9.59 Å². The Kier molecular flexibility index (Phi) is 6.95. The summed E-state index contributed by atoms with van der Waals surface area (Å²) in [4.78, 5) is 24.2. The Bertz CT molecular complexity index is 973. The molecule has 2 N–H and O–H groups in total. The van der Waals surface area contributed by atoms with E-state index >= 15 is 0 Å². The first-order valence-corrected chi connectivity index (χ1v) is 9.69. The van der Waals surface area contributed by atoms with Gasteiger partial charge < -0.3 is 10.6 Å². The monoisotopic (exact) mass is 396 g/mol. The molecular formula is C26H24N2O2. The molecule has 0 aliphatic heterocycles. The third-order valence-corrected chi connectivity index (χ3v) is 4.43. The van der Waals surface area contributed by atoms with Crippen LogP contribution in [-0.2, 0) is 9.59 Å². The fraction of sp³-hybridized carbons (Fsp3) is 0.0769. The van der Waals surface area contributed by atoms with Gasteiger partial charge in [-0.15, -0.1) is 0 Å². The molecule has 0 spiro atoms. The third-order valence-electron chi connectivity index (χ3n) is 4.43. The van der Waals surface area contributed by atoms with Crippen LogP contribution in [0, 0.1) is 13.8 Å². The number of hydrogen-bond acceptors (Lipinski definition) is 2. The standard InChI is InChI=1S/C26H24N2O2/c1-19-3-7-21(8-4-19)11-17-25(29)27-23-13-15-24(16-14-23)28-26(30)18-12-22-9-5-20(2)6-10-22/h3-18H,1-2H3,(H,27,29)(H,28,30)/b17-11+,18-12+.